The lowest BCUT2D eigenvalue weighted by Crippen LogP contribution is -2.36. The quantitative estimate of drug-likeness (QED) is 0.369. The molecule has 1 amide bonds. The van der Waals surface area contributed by atoms with Crippen LogP contribution in [0.15, 0.2) is 29.3 Å². The first-order valence-corrected chi connectivity index (χ1v) is 9.82. The van der Waals surface area contributed by atoms with Crippen LogP contribution >= 0.6 is 24.0 Å². The number of hydrogen-bond acceptors (Lipinski definition) is 3. The second kappa shape index (κ2) is 10.6. The maximum atomic E-state index is 12.1. The van der Waals surface area contributed by atoms with Crippen molar-refractivity contribution in [3.63, 3.8) is 0 Å². The van der Waals surface area contributed by atoms with Crippen LogP contribution < -0.4 is 15.5 Å². The molecule has 1 saturated heterocycles. The molecule has 0 saturated carbocycles. The first-order chi connectivity index (χ1) is 13.5. The number of aromatic nitrogens is 2. The van der Waals surface area contributed by atoms with Crippen molar-refractivity contribution in [3.8, 4) is 0 Å². The number of guanidine groups is 1. The summed E-state index contributed by atoms with van der Waals surface area (Å²) >= 11 is 0. The van der Waals surface area contributed by atoms with E-state index in [4.69, 9.17) is 0 Å². The number of rotatable bonds is 5. The van der Waals surface area contributed by atoms with Crippen molar-refractivity contribution in [2.75, 3.05) is 18.5 Å². The van der Waals surface area contributed by atoms with E-state index in [0.717, 1.165) is 48.0 Å². The van der Waals surface area contributed by atoms with Crippen molar-refractivity contribution in [3.05, 3.63) is 46.8 Å². The molecule has 3 rings (SSSR count). The smallest absolute Gasteiger partial charge is 0.226 e. The molecule has 7 nitrogen and oxygen atoms in total. The fourth-order valence-corrected chi connectivity index (χ4v) is 3.52. The summed E-state index contributed by atoms with van der Waals surface area (Å²) in [5.74, 6) is 0.973. The summed E-state index contributed by atoms with van der Waals surface area (Å²) in [6.07, 6.45) is 2.73. The number of aliphatic imine (C=N–C) groups is 1. The monoisotopic (exact) mass is 510 g/mol. The van der Waals surface area contributed by atoms with Gasteiger partial charge in [-0.1, -0.05) is 12.1 Å². The highest BCUT2D eigenvalue weighted by atomic mass is 127. The summed E-state index contributed by atoms with van der Waals surface area (Å²) in [6, 6.07) is 8.18. The van der Waals surface area contributed by atoms with Crippen molar-refractivity contribution in [1.82, 2.24) is 20.4 Å². The molecule has 0 radical (unpaired) electrons. The number of aryl methyl sites for hydroxylation is 2. The number of benzene rings is 1. The highest BCUT2D eigenvalue weighted by Crippen LogP contribution is 2.21. The Kier molecular flexibility index (Phi) is 8.48. The molecule has 8 heteroatoms. The molecule has 2 heterocycles. The zero-order valence-electron chi connectivity index (χ0n) is 17.7. The van der Waals surface area contributed by atoms with Gasteiger partial charge in [-0.2, -0.15) is 5.10 Å². The van der Waals surface area contributed by atoms with Crippen molar-refractivity contribution in [2.45, 2.75) is 46.2 Å². The average Bonchev–Trinajstić information content (AvgIpc) is 2.94. The number of carbonyl (C=O) groups is 1. The Labute approximate surface area is 190 Å². The lowest BCUT2D eigenvalue weighted by molar-refractivity contribution is -0.119. The topological polar surface area (TPSA) is 74.6 Å². The SMILES string of the molecule is CN=C(NCc1ccc(N2CCCCC2=O)cc1)NCc1c(C)nn(C)c1C.I. The molecule has 0 unspecified atom stereocenters. The van der Waals surface area contributed by atoms with Crippen LogP contribution in [-0.4, -0.2) is 35.2 Å². The molecule has 158 valence electrons. The maximum absolute atomic E-state index is 12.1. The number of anilines is 1. The van der Waals surface area contributed by atoms with Gasteiger partial charge in [0.15, 0.2) is 5.96 Å². The van der Waals surface area contributed by atoms with E-state index in [1.807, 2.05) is 35.7 Å². The molecule has 0 atom stereocenters. The second-order valence-corrected chi connectivity index (χ2v) is 7.22. The third-order valence-corrected chi connectivity index (χ3v) is 5.35. The molecular weight excluding hydrogens is 479 g/mol. The molecule has 1 aromatic carbocycles. The number of hydrogen-bond donors (Lipinski definition) is 2. The molecule has 0 spiro atoms. The lowest BCUT2D eigenvalue weighted by Gasteiger charge is -2.26. The van der Waals surface area contributed by atoms with Gasteiger partial charge in [0.05, 0.1) is 5.69 Å². The zero-order chi connectivity index (χ0) is 20.1. The van der Waals surface area contributed by atoms with Gasteiger partial charge >= 0.3 is 0 Å². The number of halogens is 1. The number of nitrogens with zero attached hydrogens (tertiary/aromatic N) is 4. The van der Waals surface area contributed by atoms with E-state index in [0.29, 0.717) is 19.5 Å². The molecule has 2 aromatic rings. The maximum Gasteiger partial charge on any atom is 0.226 e. The van der Waals surface area contributed by atoms with E-state index < -0.39 is 0 Å². The molecule has 0 bridgehead atoms. The Hall–Kier alpha value is -2.10. The number of carbonyl (C=O) groups excluding carboxylic acids is 1. The summed E-state index contributed by atoms with van der Waals surface area (Å²) in [5.41, 5.74) is 5.51. The molecule has 1 aromatic heterocycles. The van der Waals surface area contributed by atoms with Crippen LogP contribution in [0.1, 0.15) is 41.8 Å². The molecule has 29 heavy (non-hydrogen) atoms. The fraction of sp³-hybridized carbons (Fsp3) is 0.476. The lowest BCUT2D eigenvalue weighted by atomic mass is 10.1. The Bertz CT molecular complexity index is 859. The molecule has 0 aliphatic carbocycles. The second-order valence-electron chi connectivity index (χ2n) is 7.22. The Morgan fingerprint density at radius 3 is 2.41 bits per heavy atom. The van der Waals surface area contributed by atoms with Gasteiger partial charge in [-0.25, -0.2) is 0 Å². The van der Waals surface area contributed by atoms with Gasteiger partial charge in [0, 0.05) is 57.1 Å². The highest BCUT2D eigenvalue weighted by Gasteiger charge is 2.19. The van der Waals surface area contributed by atoms with Crippen molar-refractivity contribution in [1.29, 1.82) is 0 Å². The highest BCUT2D eigenvalue weighted by molar-refractivity contribution is 14.0. The van der Waals surface area contributed by atoms with E-state index in [9.17, 15) is 4.79 Å². The van der Waals surface area contributed by atoms with Crippen LogP contribution in [0.5, 0.6) is 0 Å². The van der Waals surface area contributed by atoms with Crippen LogP contribution in [-0.2, 0) is 24.9 Å². The Morgan fingerprint density at radius 2 is 1.83 bits per heavy atom. The Morgan fingerprint density at radius 1 is 1.14 bits per heavy atom. The third-order valence-electron chi connectivity index (χ3n) is 5.35. The number of amides is 1. The minimum absolute atomic E-state index is 0. The predicted molar refractivity (Wildman–Crippen MR) is 128 cm³/mol. The first-order valence-electron chi connectivity index (χ1n) is 9.82. The Balaban J connectivity index is 0.00000300. The molecule has 1 fully saturated rings. The summed E-state index contributed by atoms with van der Waals surface area (Å²) < 4.78 is 1.90. The summed E-state index contributed by atoms with van der Waals surface area (Å²) in [7, 11) is 3.73. The fourth-order valence-electron chi connectivity index (χ4n) is 3.52. The van der Waals surface area contributed by atoms with Gasteiger partial charge in [0.2, 0.25) is 5.91 Å². The summed E-state index contributed by atoms with van der Waals surface area (Å²) in [4.78, 5) is 18.2. The predicted octanol–water partition coefficient (Wildman–Crippen LogP) is 3.04. The van der Waals surface area contributed by atoms with Gasteiger partial charge < -0.3 is 15.5 Å². The average molecular weight is 510 g/mol. The van der Waals surface area contributed by atoms with Gasteiger partial charge in [0.25, 0.3) is 0 Å². The van der Waals surface area contributed by atoms with Crippen LogP contribution in [0, 0.1) is 13.8 Å². The summed E-state index contributed by atoms with van der Waals surface area (Å²) in [6.45, 7) is 6.26. The van der Waals surface area contributed by atoms with E-state index in [1.54, 1.807) is 7.05 Å². The third kappa shape index (κ3) is 5.71. The minimum atomic E-state index is 0. The first kappa shape index (κ1) is 23.2. The van der Waals surface area contributed by atoms with Crippen molar-refractivity contribution < 1.29 is 4.79 Å². The minimum Gasteiger partial charge on any atom is -0.352 e. The van der Waals surface area contributed by atoms with Crippen LogP contribution in [0.2, 0.25) is 0 Å². The van der Waals surface area contributed by atoms with Crippen LogP contribution in [0.3, 0.4) is 0 Å². The molecule has 1 aliphatic rings. The van der Waals surface area contributed by atoms with E-state index in [2.05, 4.69) is 39.8 Å². The molecule has 1 aliphatic heterocycles. The molecule has 2 N–H and O–H groups in total. The van der Waals surface area contributed by atoms with Gasteiger partial charge in [0.1, 0.15) is 0 Å². The van der Waals surface area contributed by atoms with Crippen LogP contribution in [0.25, 0.3) is 0 Å². The standard InChI is InChI=1S/C21H30N6O.HI/c1-15-19(16(2)26(4)25-15)14-24-21(22-3)23-13-17-8-10-18(11-9-17)27-12-6-5-7-20(27)28;/h8-11H,5-7,12-14H2,1-4H3,(H2,22,23,24);1H. The van der Waals surface area contributed by atoms with E-state index >= 15 is 0 Å². The number of nitrogens with one attached hydrogen (secondary N) is 2. The van der Waals surface area contributed by atoms with Gasteiger partial charge in [-0.15, -0.1) is 24.0 Å². The van der Waals surface area contributed by atoms with E-state index in [-0.39, 0.29) is 29.9 Å². The van der Waals surface area contributed by atoms with Crippen molar-refractivity contribution >= 4 is 41.5 Å². The number of piperidine rings is 1. The van der Waals surface area contributed by atoms with Crippen LogP contribution in [0.4, 0.5) is 5.69 Å². The van der Waals surface area contributed by atoms with Gasteiger partial charge in [-0.3, -0.25) is 14.5 Å². The zero-order valence-corrected chi connectivity index (χ0v) is 20.0. The normalized spacial score (nSPS) is 14.6. The van der Waals surface area contributed by atoms with Crippen molar-refractivity contribution in [2.24, 2.45) is 12.0 Å². The van der Waals surface area contributed by atoms with E-state index in [1.165, 1.54) is 5.56 Å². The largest absolute Gasteiger partial charge is 0.352 e. The molecular formula is C21H31IN6O. The summed E-state index contributed by atoms with van der Waals surface area (Å²) in [5, 5.41) is 11.1. The van der Waals surface area contributed by atoms with Gasteiger partial charge in [-0.05, 0) is 44.4 Å².